The van der Waals surface area contributed by atoms with Gasteiger partial charge in [0, 0.05) is 6.54 Å². The number of nitrogens with zero attached hydrogens (tertiary/aromatic N) is 1. The van der Waals surface area contributed by atoms with Gasteiger partial charge in [0.05, 0.1) is 24.4 Å². The number of nitrogen functional groups attached to an aromatic ring is 1. The maximum Gasteiger partial charge on any atom is 0.231 e. The van der Waals surface area contributed by atoms with Crippen LogP contribution in [0.5, 0.6) is 0 Å². The number of hydrogen-bond donors (Lipinski definition) is 2. The number of benzene rings is 2. The molecule has 0 atom stereocenters. The van der Waals surface area contributed by atoms with Crippen molar-refractivity contribution < 1.29 is 14.3 Å². The number of halogens is 1. The Morgan fingerprint density at radius 2 is 1.81 bits per heavy atom. The Balaban J connectivity index is 2.25. The van der Waals surface area contributed by atoms with Crippen LogP contribution in [-0.2, 0) is 11.2 Å². The Morgan fingerprint density at radius 1 is 1.14 bits per heavy atom. The van der Waals surface area contributed by atoms with Crippen molar-refractivity contribution in [2.75, 3.05) is 23.8 Å². The molecule has 0 aromatic heterocycles. The molecule has 0 heterocycles. The average Bonchev–Trinajstić information content (AvgIpc) is 2.48. The van der Waals surface area contributed by atoms with Gasteiger partial charge in [-0.15, -0.1) is 0 Å². The molecule has 0 saturated heterocycles. The van der Waals surface area contributed by atoms with Crippen molar-refractivity contribution in [3.8, 4) is 0 Å². The zero-order chi connectivity index (χ0) is 15.2. The molecular formula is C16H17FN2O2. The van der Waals surface area contributed by atoms with Crippen LogP contribution in [0.4, 0.5) is 15.8 Å². The molecule has 0 radical (unpaired) electrons. The van der Waals surface area contributed by atoms with E-state index >= 15 is 0 Å². The van der Waals surface area contributed by atoms with E-state index in [1.54, 1.807) is 42.5 Å². The van der Waals surface area contributed by atoms with E-state index < -0.39 is 5.82 Å². The maximum atomic E-state index is 13.6. The Bertz CT molecular complexity index is 631. The minimum absolute atomic E-state index is 0.0823. The van der Waals surface area contributed by atoms with Crippen LogP contribution in [0.15, 0.2) is 48.5 Å². The van der Waals surface area contributed by atoms with Gasteiger partial charge < -0.3 is 15.7 Å². The molecule has 21 heavy (non-hydrogen) atoms. The van der Waals surface area contributed by atoms with Crippen LogP contribution >= 0.6 is 0 Å². The standard InChI is InChI=1S/C16H17FN2O2/c17-13-6-2-1-5-12(13)11-16(21)19(9-10-20)15-8-4-3-7-14(15)18/h1-8,20H,9-11,18H2. The molecule has 3 N–H and O–H groups in total. The van der Waals surface area contributed by atoms with Gasteiger partial charge in [-0.25, -0.2) is 4.39 Å². The molecule has 0 spiro atoms. The molecule has 4 nitrogen and oxygen atoms in total. The van der Waals surface area contributed by atoms with Crippen molar-refractivity contribution in [3.05, 3.63) is 59.9 Å². The van der Waals surface area contributed by atoms with E-state index in [1.807, 2.05) is 0 Å². The second-order valence-corrected chi connectivity index (χ2v) is 4.60. The third-order valence-electron chi connectivity index (χ3n) is 3.15. The summed E-state index contributed by atoms with van der Waals surface area (Å²) in [7, 11) is 0. The van der Waals surface area contributed by atoms with Gasteiger partial charge in [0.1, 0.15) is 5.82 Å². The van der Waals surface area contributed by atoms with Crippen molar-refractivity contribution in [1.82, 2.24) is 0 Å². The van der Waals surface area contributed by atoms with E-state index in [0.717, 1.165) is 0 Å². The molecule has 0 aliphatic rings. The van der Waals surface area contributed by atoms with Crippen molar-refractivity contribution in [1.29, 1.82) is 0 Å². The first-order valence-corrected chi connectivity index (χ1v) is 6.62. The van der Waals surface area contributed by atoms with Crippen molar-refractivity contribution >= 4 is 17.3 Å². The zero-order valence-corrected chi connectivity index (χ0v) is 11.5. The molecule has 0 fully saturated rings. The molecule has 5 heteroatoms. The number of carbonyl (C=O) groups is 1. The van der Waals surface area contributed by atoms with Crippen LogP contribution in [-0.4, -0.2) is 24.2 Å². The van der Waals surface area contributed by atoms with Crippen molar-refractivity contribution in [3.63, 3.8) is 0 Å². The van der Waals surface area contributed by atoms with Crippen LogP contribution in [0.1, 0.15) is 5.56 Å². The predicted molar refractivity (Wildman–Crippen MR) is 80.4 cm³/mol. The van der Waals surface area contributed by atoms with Gasteiger partial charge >= 0.3 is 0 Å². The zero-order valence-electron chi connectivity index (χ0n) is 11.5. The van der Waals surface area contributed by atoms with Crippen molar-refractivity contribution in [2.45, 2.75) is 6.42 Å². The number of anilines is 2. The lowest BCUT2D eigenvalue weighted by Crippen LogP contribution is -2.35. The molecule has 0 unspecified atom stereocenters. The lowest BCUT2D eigenvalue weighted by Gasteiger charge is -2.23. The molecular weight excluding hydrogens is 271 g/mol. The summed E-state index contributed by atoms with van der Waals surface area (Å²) in [6.07, 6.45) is -0.0823. The molecule has 2 rings (SSSR count). The smallest absolute Gasteiger partial charge is 0.231 e. The number of aliphatic hydroxyl groups excluding tert-OH is 1. The SMILES string of the molecule is Nc1ccccc1N(CCO)C(=O)Cc1ccccc1F. The van der Waals surface area contributed by atoms with E-state index in [0.29, 0.717) is 16.9 Å². The third kappa shape index (κ3) is 3.58. The van der Waals surface area contributed by atoms with Crippen LogP contribution in [0, 0.1) is 5.82 Å². The molecule has 0 aliphatic heterocycles. The summed E-state index contributed by atoms with van der Waals surface area (Å²) in [5.74, 6) is -0.733. The Hall–Kier alpha value is -2.40. The van der Waals surface area contributed by atoms with Crippen LogP contribution in [0.3, 0.4) is 0 Å². The molecule has 1 amide bonds. The second kappa shape index (κ2) is 6.85. The number of nitrogens with two attached hydrogens (primary N) is 1. The summed E-state index contributed by atoms with van der Waals surface area (Å²) >= 11 is 0. The van der Waals surface area contributed by atoms with Gasteiger partial charge in [-0.3, -0.25) is 4.79 Å². The van der Waals surface area contributed by atoms with Gasteiger partial charge in [0.2, 0.25) is 5.91 Å². The number of aliphatic hydroxyl groups is 1. The summed E-state index contributed by atoms with van der Waals surface area (Å²) in [6.45, 7) is -0.0845. The van der Waals surface area contributed by atoms with Crippen molar-refractivity contribution in [2.24, 2.45) is 0 Å². The van der Waals surface area contributed by atoms with Gasteiger partial charge in [0.15, 0.2) is 0 Å². The van der Waals surface area contributed by atoms with Crippen LogP contribution in [0.2, 0.25) is 0 Å². The van der Waals surface area contributed by atoms with E-state index in [4.69, 9.17) is 10.8 Å². The fourth-order valence-corrected chi connectivity index (χ4v) is 2.11. The largest absolute Gasteiger partial charge is 0.397 e. The molecule has 110 valence electrons. The molecule has 0 aliphatic carbocycles. The normalized spacial score (nSPS) is 10.4. The monoisotopic (exact) mass is 288 g/mol. The Kier molecular flexibility index (Phi) is 4.90. The van der Waals surface area contributed by atoms with E-state index in [1.165, 1.54) is 11.0 Å². The molecule has 2 aromatic carbocycles. The number of amides is 1. The van der Waals surface area contributed by atoms with Crippen LogP contribution in [0.25, 0.3) is 0 Å². The number of carbonyl (C=O) groups excluding carboxylic acids is 1. The first-order chi connectivity index (χ1) is 10.1. The quantitative estimate of drug-likeness (QED) is 0.827. The molecule has 0 saturated carbocycles. The number of para-hydroxylation sites is 2. The Labute approximate surface area is 122 Å². The summed E-state index contributed by atoms with van der Waals surface area (Å²) < 4.78 is 13.6. The fraction of sp³-hybridized carbons (Fsp3) is 0.188. The first-order valence-electron chi connectivity index (χ1n) is 6.62. The maximum absolute atomic E-state index is 13.6. The highest BCUT2D eigenvalue weighted by molar-refractivity contribution is 5.97. The molecule has 0 bridgehead atoms. The minimum Gasteiger partial charge on any atom is -0.397 e. The van der Waals surface area contributed by atoms with Gasteiger partial charge in [-0.05, 0) is 23.8 Å². The first kappa shape index (κ1) is 15.0. The Morgan fingerprint density at radius 3 is 2.48 bits per heavy atom. The van der Waals surface area contributed by atoms with E-state index in [2.05, 4.69) is 0 Å². The molecule has 2 aromatic rings. The van der Waals surface area contributed by atoms with Gasteiger partial charge in [0.25, 0.3) is 0 Å². The second-order valence-electron chi connectivity index (χ2n) is 4.60. The number of hydrogen-bond acceptors (Lipinski definition) is 3. The highest BCUT2D eigenvalue weighted by atomic mass is 19.1. The predicted octanol–water partition coefficient (Wildman–Crippen LogP) is 1.98. The third-order valence-corrected chi connectivity index (χ3v) is 3.15. The van der Waals surface area contributed by atoms with Gasteiger partial charge in [-0.2, -0.15) is 0 Å². The van der Waals surface area contributed by atoms with E-state index in [9.17, 15) is 9.18 Å². The lowest BCUT2D eigenvalue weighted by atomic mass is 10.1. The van der Waals surface area contributed by atoms with E-state index in [-0.39, 0.29) is 25.5 Å². The fourth-order valence-electron chi connectivity index (χ4n) is 2.11. The van der Waals surface area contributed by atoms with Crippen LogP contribution < -0.4 is 10.6 Å². The van der Waals surface area contributed by atoms with Gasteiger partial charge in [-0.1, -0.05) is 30.3 Å². The minimum atomic E-state index is -0.421. The topological polar surface area (TPSA) is 66.6 Å². The average molecular weight is 288 g/mol. The lowest BCUT2D eigenvalue weighted by molar-refractivity contribution is -0.118. The highest BCUT2D eigenvalue weighted by Gasteiger charge is 2.18. The number of rotatable bonds is 5. The highest BCUT2D eigenvalue weighted by Crippen LogP contribution is 2.23. The summed E-state index contributed by atoms with van der Waals surface area (Å²) in [4.78, 5) is 13.8. The summed E-state index contributed by atoms with van der Waals surface area (Å²) in [5, 5.41) is 9.15. The summed E-state index contributed by atoms with van der Waals surface area (Å²) in [5.41, 5.74) is 7.14. The summed E-state index contributed by atoms with van der Waals surface area (Å²) in [6, 6.07) is 13.0.